The highest BCUT2D eigenvalue weighted by Gasteiger charge is 2.14. The van der Waals surface area contributed by atoms with Gasteiger partial charge in [-0.2, -0.15) is 0 Å². The van der Waals surface area contributed by atoms with E-state index in [0.29, 0.717) is 20.1 Å². The van der Waals surface area contributed by atoms with Crippen LogP contribution in [0.4, 0.5) is 10.1 Å². The highest BCUT2D eigenvalue weighted by molar-refractivity contribution is 9.10. The van der Waals surface area contributed by atoms with Crippen LogP contribution in [-0.4, -0.2) is 4.21 Å². The Hall–Kier alpha value is -0.910. The molecule has 0 aromatic heterocycles. The summed E-state index contributed by atoms with van der Waals surface area (Å²) in [6.07, 6.45) is 0. The minimum atomic E-state index is -1.38. The molecule has 1 unspecified atom stereocenters. The summed E-state index contributed by atoms with van der Waals surface area (Å²) in [4.78, 5) is 0.417. The lowest BCUT2D eigenvalue weighted by atomic mass is 10.2. The molecular formula is C13H10BrClFNOS. The number of hydrogen-bond acceptors (Lipinski definition) is 2. The number of anilines is 1. The van der Waals surface area contributed by atoms with E-state index in [1.54, 1.807) is 24.3 Å². The minimum absolute atomic E-state index is 0.217. The van der Waals surface area contributed by atoms with Gasteiger partial charge in [0.1, 0.15) is 5.82 Å². The number of nitrogens with two attached hydrogens (primary N) is 1. The highest BCUT2D eigenvalue weighted by atomic mass is 79.9. The van der Waals surface area contributed by atoms with Crippen molar-refractivity contribution in [1.29, 1.82) is 0 Å². The standard InChI is InChI=1S/C13H10BrClFNOS/c14-10-6-9(16)5-4-8(10)7-19(18)13-11(15)2-1-3-12(13)17/h1-6H,7,17H2. The maximum absolute atomic E-state index is 13.0. The quantitative estimate of drug-likeness (QED) is 0.834. The zero-order chi connectivity index (χ0) is 14.0. The van der Waals surface area contributed by atoms with E-state index in [0.717, 1.165) is 5.56 Å². The van der Waals surface area contributed by atoms with Gasteiger partial charge >= 0.3 is 0 Å². The van der Waals surface area contributed by atoms with Gasteiger partial charge in [-0.15, -0.1) is 0 Å². The number of benzene rings is 2. The smallest absolute Gasteiger partial charge is 0.124 e. The monoisotopic (exact) mass is 361 g/mol. The van der Waals surface area contributed by atoms with E-state index in [9.17, 15) is 8.60 Å². The Balaban J connectivity index is 2.31. The molecule has 2 aromatic rings. The molecule has 100 valence electrons. The lowest BCUT2D eigenvalue weighted by Gasteiger charge is -2.09. The Morgan fingerprint density at radius 3 is 2.68 bits per heavy atom. The topological polar surface area (TPSA) is 43.1 Å². The van der Waals surface area contributed by atoms with E-state index in [1.165, 1.54) is 12.1 Å². The molecule has 2 rings (SSSR count). The zero-order valence-electron chi connectivity index (χ0n) is 9.70. The molecule has 0 aliphatic heterocycles. The van der Waals surface area contributed by atoms with E-state index >= 15 is 0 Å². The van der Waals surface area contributed by atoms with Crippen LogP contribution in [0, 0.1) is 5.82 Å². The Bertz CT molecular complexity index is 630. The molecule has 0 saturated carbocycles. The number of halogens is 3. The van der Waals surface area contributed by atoms with Crippen LogP contribution >= 0.6 is 27.5 Å². The molecule has 0 aliphatic rings. The Labute approximate surface area is 126 Å². The van der Waals surface area contributed by atoms with Crippen molar-refractivity contribution in [2.45, 2.75) is 10.6 Å². The van der Waals surface area contributed by atoms with Gasteiger partial charge in [0.05, 0.1) is 26.5 Å². The van der Waals surface area contributed by atoms with Crippen LogP contribution in [0.25, 0.3) is 0 Å². The molecule has 0 heterocycles. The molecule has 0 radical (unpaired) electrons. The molecule has 19 heavy (non-hydrogen) atoms. The Morgan fingerprint density at radius 2 is 2.05 bits per heavy atom. The van der Waals surface area contributed by atoms with Gasteiger partial charge in [0, 0.05) is 10.2 Å². The maximum atomic E-state index is 13.0. The van der Waals surface area contributed by atoms with Gasteiger partial charge in [-0.25, -0.2) is 4.39 Å². The van der Waals surface area contributed by atoms with Gasteiger partial charge in [0.25, 0.3) is 0 Å². The van der Waals surface area contributed by atoms with Crippen LogP contribution in [0.3, 0.4) is 0 Å². The molecule has 0 spiro atoms. The molecule has 0 fully saturated rings. The highest BCUT2D eigenvalue weighted by Crippen LogP contribution is 2.29. The molecule has 2 aromatic carbocycles. The summed E-state index contributed by atoms with van der Waals surface area (Å²) in [5, 5.41) is 0.372. The predicted molar refractivity (Wildman–Crippen MR) is 80.1 cm³/mol. The van der Waals surface area contributed by atoms with Crippen LogP contribution < -0.4 is 5.73 Å². The Morgan fingerprint density at radius 1 is 1.32 bits per heavy atom. The average Bonchev–Trinajstić information content (AvgIpc) is 2.32. The van der Waals surface area contributed by atoms with Crippen molar-refractivity contribution in [3.05, 3.63) is 57.3 Å². The summed E-state index contributed by atoms with van der Waals surface area (Å²) in [7, 11) is -1.38. The second-order valence-corrected chi connectivity index (χ2v) is 6.53. The van der Waals surface area contributed by atoms with Gasteiger partial charge in [-0.05, 0) is 29.8 Å². The third kappa shape index (κ3) is 3.35. The number of hydrogen-bond donors (Lipinski definition) is 1. The second kappa shape index (κ2) is 6.03. The molecular weight excluding hydrogens is 353 g/mol. The summed E-state index contributed by atoms with van der Waals surface area (Å²) >= 11 is 9.26. The first-order valence-electron chi connectivity index (χ1n) is 5.35. The predicted octanol–water partition coefficient (Wildman–Crippen LogP) is 4.13. The maximum Gasteiger partial charge on any atom is 0.124 e. The van der Waals surface area contributed by atoms with Crippen molar-refractivity contribution in [2.75, 3.05) is 5.73 Å². The van der Waals surface area contributed by atoms with Crippen molar-refractivity contribution in [3.63, 3.8) is 0 Å². The fourth-order valence-corrected chi connectivity index (χ4v) is 4.03. The third-order valence-corrected chi connectivity index (χ3v) is 5.18. The van der Waals surface area contributed by atoms with Crippen LogP contribution in [0.2, 0.25) is 5.02 Å². The molecule has 2 nitrogen and oxygen atoms in total. The average molecular weight is 363 g/mol. The van der Waals surface area contributed by atoms with Crippen LogP contribution in [0.5, 0.6) is 0 Å². The van der Waals surface area contributed by atoms with Gasteiger partial charge in [0.15, 0.2) is 0 Å². The van der Waals surface area contributed by atoms with Crippen LogP contribution in [0.1, 0.15) is 5.56 Å². The lowest BCUT2D eigenvalue weighted by molar-refractivity contribution is 0.626. The van der Waals surface area contributed by atoms with Gasteiger partial charge in [0.2, 0.25) is 0 Å². The molecule has 0 amide bonds. The van der Waals surface area contributed by atoms with Crippen molar-refractivity contribution >= 4 is 44.0 Å². The van der Waals surface area contributed by atoms with Crippen LogP contribution in [0.15, 0.2) is 45.8 Å². The summed E-state index contributed by atoms with van der Waals surface area (Å²) in [5.41, 5.74) is 6.92. The first kappa shape index (κ1) is 14.5. The van der Waals surface area contributed by atoms with Gasteiger partial charge in [-0.1, -0.05) is 39.7 Å². The second-order valence-electron chi connectivity index (χ2n) is 3.88. The van der Waals surface area contributed by atoms with Crippen molar-refractivity contribution in [1.82, 2.24) is 0 Å². The minimum Gasteiger partial charge on any atom is -0.398 e. The largest absolute Gasteiger partial charge is 0.398 e. The zero-order valence-corrected chi connectivity index (χ0v) is 12.9. The van der Waals surface area contributed by atoms with E-state index in [2.05, 4.69) is 15.9 Å². The SMILES string of the molecule is Nc1cccc(Cl)c1S(=O)Cc1ccc(F)cc1Br. The first-order valence-corrected chi connectivity index (χ1v) is 7.84. The summed E-state index contributed by atoms with van der Waals surface area (Å²) in [6, 6.07) is 9.25. The van der Waals surface area contributed by atoms with Crippen LogP contribution in [-0.2, 0) is 16.6 Å². The lowest BCUT2D eigenvalue weighted by Crippen LogP contribution is -2.02. The summed E-state index contributed by atoms with van der Waals surface area (Å²) in [5.74, 6) is -0.131. The van der Waals surface area contributed by atoms with E-state index in [4.69, 9.17) is 17.3 Å². The van der Waals surface area contributed by atoms with Gasteiger partial charge in [-0.3, -0.25) is 4.21 Å². The molecule has 1 atom stereocenters. The van der Waals surface area contributed by atoms with E-state index in [1.807, 2.05) is 0 Å². The fraction of sp³-hybridized carbons (Fsp3) is 0.0769. The van der Waals surface area contributed by atoms with Gasteiger partial charge < -0.3 is 5.73 Å². The van der Waals surface area contributed by atoms with Crippen molar-refractivity contribution in [3.8, 4) is 0 Å². The van der Waals surface area contributed by atoms with E-state index < -0.39 is 10.8 Å². The molecule has 0 bridgehead atoms. The first-order chi connectivity index (χ1) is 8.99. The third-order valence-electron chi connectivity index (χ3n) is 2.53. The molecule has 0 saturated heterocycles. The Kier molecular flexibility index (Phi) is 4.60. The summed E-state index contributed by atoms with van der Waals surface area (Å²) in [6.45, 7) is 0. The number of nitrogen functional groups attached to an aromatic ring is 1. The molecule has 6 heteroatoms. The van der Waals surface area contributed by atoms with Crippen molar-refractivity contribution < 1.29 is 8.60 Å². The summed E-state index contributed by atoms with van der Waals surface area (Å²) < 4.78 is 25.9. The normalized spacial score (nSPS) is 12.4. The van der Waals surface area contributed by atoms with Crippen molar-refractivity contribution in [2.24, 2.45) is 0 Å². The number of rotatable bonds is 3. The molecule has 0 aliphatic carbocycles. The van der Waals surface area contributed by atoms with E-state index in [-0.39, 0.29) is 11.6 Å². The fourth-order valence-electron chi connectivity index (χ4n) is 1.62. The molecule has 2 N–H and O–H groups in total.